The van der Waals surface area contributed by atoms with E-state index in [0.29, 0.717) is 13.0 Å². The molecule has 1 aromatic carbocycles. The second-order valence-electron chi connectivity index (χ2n) is 5.93. The summed E-state index contributed by atoms with van der Waals surface area (Å²) in [5, 5.41) is 0. The molecule has 22 heavy (non-hydrogen) atoms. The van der Waals surface area contributed by atoms with Crippen LogP contribution < -0.4 is 0 Å². The summed E-state index contributed by atoms with van der Waals surface area (Å²) < 4.78 is 0. The minimum Gasteiger partial charge on any atom is -0.337 e. The minimum absolute atomic E-state index is 0.0564. The topological polar surface area (TPSA) is 40.6 Å². The first-order valence-corrected chi connectivity index (χ1v) is 8.30. The lowest BCUT2D eigenvalue weighted by Gasteiger charge is -2.27. The zero-order valence-electron chi connectivity index (χ0n) is 13.5. The summed E-state index contributed by atoms with van der Waals surface area (Å²) >= 11 is 0. The number of benzene rings is 1. The minimum atomic E-state index is 0.0564. The first-order valence-electron chi connectivity index (χ1n) is 8.30. The van der Waals surface area contributed by atoms with Gasteiger partial charge in [-0.25, -0.2) is 0 Å². The zero-order chi connectivity index (χ0) is 15.8. The molecular weight excluding hydrogens is 276 g/mol. The van der Waals surface area contributed by atoms with Crippen molar-refractivity contribution in [2.75, 3.05) is 19.6 Å². The second kappa shape index (κ2) is 8.57. The van der Waals surface area contributed by atoms with Gasteiger partial charge in [-0.2, -0.15) is 0 Å². The normalized spacial score (nSPS) is 15.5. The molecule has 120 valence electrons. The van der Waals surface area contributed by atoms with Crippen molar-refractivity contribution in [3.05, 3.63) is 35.9 Å². The van der Waals surface area contributed by atoms with Gasteiger partial charge in [0.25, 0.3) is 0 Å². The fourth-order valence-electron chi connectivity index (χ4n) is 2.83. The van der Waals surface area contributed by atoms with E-state index in [1.165, 1.54) is 0 Å². The molecule has 2 rings (SSSR count). The van der Waals surface area contributed by atoms with E-state index >= 15 is 0 Å². The van der Waals surface area contributed by atoms with E-state index in [1.807, 2.05) is 35.2 Å². The zero-order valence-corrected chi connectivity index (χ0v) is 13.5. The molecule has 1 aliphatic rings. The highest BCUT2D eigenvalue weighted by atomic mass is 16.2. The number of rotatable bonds is 6. The highest BCUT2D eigenvalue weighted by Crippen LogP contribution is 2.12. The maximum atomic E-state index is 12.6. The number of carbonyl (C=O) groups excluding carboxylic acids is 2. The highest BCUT2D eigenvalue weighted by molar-refractivity contribution is 5.85. The van der Waals surface area contributed by atoms with Crippen molar-refractivity contribution in [2.45, 2.75) is 45.6 Å². The van der Waals surface area contributed by atoms with Crippen molar-refractivity contribution in [3.8, 4) is 0 Å². The maximum absolute atomic E-state index is 12.6. The molecule has 1 aromatic rings. The molecule has 0 aromatic heterocycles. The lowest BCUT2D eigenvalue weighted by molar-refractivity contribution is -0.140. The largest absolute Gasteiger partial charge is 0.337 e. The number of carbonyl (C=O) groups is 2. The Morgan fingerprint density at radius 3 is 2.68 bits per heavy atom. The number of likely N-dealkylation sites (tertiary alicyclic amines) is 1. The summed E-state index contributed by atoms with van der Waals surface area (Å²) in [6, 6.07) is 10.0. The van der Waals surface area contributed by atoms with E-state index in [9.17, 15) is 9.59 Å². The summed E-state index contributed by atoms with van der Waals surface area (Å²) in [6.07, 6.45) is 4.54. The van der Waals surface area contributed by atoms with E-state index in [2.05, 4.69) is 6.92 Å². The average molecular weight is 302 g/mol. The van der Waals surface area contributed by atoms with Gasteiger partial charge in [-0.15, -0.1) is 0 Å². The molecule has 0 saturated carbocycles. The summed E-state index contributed by atoms with van der Waals surface area (Å²) in [7, 11) is 0. The van der Waals surface area contributed by atoms with E-state index in [4.69, 9.17) is 0 Å². The van der Waals surface area contributed by atoms with Gasteiger partial charge in [0.15, 0.2) is 0 Å². The SMILES string of the molecule is CCCN(Cc1ccccc1)C(=O)CN1CCCCCC1=O. The van der Waals surface area contributed by atoms with Crippen LogP contribution in [0.3, 0.4) is 0 Å². The lowest BCUT2D eigenvalue weighted by Crippen LogP contribution is -2.42. The molecule has 0 radical (unpaired) electrons. The highest BCUT2D eigenvalue weighted by Gasteiger charge is 2.22. The van der Waals surface area contributed by atoms with Crippen LogP contribution in [0.15, 0.2) is 30.3 Å². The molecule has 2 amide bonds. The molecule has 4 heteroatoms. The molecular formula is C18H26N2O2. The van der Waals surface area contributed by atoms with Crippen LogP contribution in [0.5, 0.6) is 0 Å². The first-order chi connectivity index (χ1) is 10.7. The van der Waals surface area contributed by atoms with Crippen LogP contribution in [-0.4, -0.2) is 41.2 Å². The Labute approximate surface area is 133 Å². The molecule has 0 aliphatic carbocycles. The summed E-state index contributed by atoms with van der Waals surface area (Å²) in [6.45, 7) is 4.37. The molecule has 1 heterocycles. The summed E-state index contributed by atoms with van der Waals surface area (Å²) in [5.41, 5.74) is 1.13. The van der Waals surface area contributed by atoms with Crippen molar-refractivity contribution in [1.29, 1.82) is 0 Å². The fraction of sp³-hybridized carbons (Fsp3) is 0.556. The van der Waals surface area contributed by atoms with Crippen molar-refractivity contribution in [3.63, 3.8) is 0 Å². The number of hydrogen-bond acceptors (Lipinski definition) is 2. The van der Waals surface area contributed by atoms with Gasteiger partial charge < -0.3 is 9.80 Å². The van der Waals surface area contributed by atoms with Crippen molar-refractivity contribution in [2.24, 2.45) is 0 Å². The predicted octanol–water partition coefficient (Wildman–Crippen LogP) is 2.83. The number of amides is 2. The van der Waals surface area contributed by atoms with E-state index in [0.717, 1.165) is 44.3 Å². The molecule has 0 N–H and O–H groups in total. The lowest BCUT2D eigenvalue weighted by atomic mass is 10.2. The summed E-state index contributed by atoms with van der Waals surface area (Å²) in [4.78, 5) is 28.2. The molecule has 0 atom stereocenters. The third-order valence-corrected chi connectivity index (χ3v) is 4.06. The monoisotopic (exact) mass is 302 g/mol. The Hall–Kier alpha value is -1.84. The second-order valence-corrected chi connectivity index (χ2v) is 5.93. The standard InChI is InChI=1S/C18H26N2O2/c1-2-12-19(14-16-9-5-3-6-10-16)18(22)15-20-13-8-4-7-11-17(20)21/h3,5-6,9-10H,2,4,7-8,11-15H2,1H3. The first kappa shape index (κ1) is 16.5. The third kappa shape index (κ3) is 4.86. The number of hydrogen-bond donors (Lipinski definition) is 0. The third-order valence-electron chi connectivity index (χ3n) is 4.06. The molecule has 0 spiro atoms. The van der Waals surface area contributed by atoms with Gasteiger partial charge >= 0.3 is 0 Å². The summed E-state index contributed by atoms with van der Waals surface area (Å²) in [5.74, 6) is 0.183. The van der Waals surface area contributed by atoms with Crippen LogP contribution in [0.1, 0.15) is 44.6 Å². The van der Waals surface area contributed by atoms with Crippen LogP contribution in [0.2, 0.25) is 0 Å². The Morgan fingerprint density at radius 2 is 1.95 bits per heavy atom. The van der Waals surface area contributed by atoms with Gasteiger partial charge in [-0.05, 0) is 24.8 Å². The Balaban J connectivity index is 1.98. The average Bonchev–Trinajstić information content (AvgIpc) is 2.73. The van der Waals surface area contributed by atoms with Gasteiger partial charge in [0.1, 0.15) is 0 Å². The Bertz CT molecular complexity index is 487. The molecule has 1 saturated heterocycles. The van der Waals surface area contributed by atoms with Gasteiger partial charge in [0.05, 0.1) is 6.54 Å². The van der Waals surface area contributed by atoms with Crippen LogP contribution in [0.4, 0.5) is 0 Å². The van der Waals surface area contributed by atoms with Crippen LogP contribution in [-0.2, 0) is 16.1 Å². The maximum Gasteiger partial charge on any atom is 0.242 e. The van der Waals surface area contributed by atoms with Gasteiger partial charge in [0.2, 0.25) is 11.8 Å². The number of nitrogens with zero attached hydrogens (tertiary/aromatic N) is 2. The van der Waals surface area contributed by atoms with Crippen LogP contribution in [0.25, 0.3) is 0 Å². The smallest absolute Gasteiger partial charge is 0.242 e. The van der Waals surface area contributed by atoms with Gasteiger partial charge in [0, 0.05) is 26.1 Å². The van der Waals surface area contributed by atoms with Gasteiger partial charge in [-0.1, -0.05) is 43.7 Å². The molecule has 0 bridgehead atoms. The predicted molar refractivity (Wildman–Crippen MR) is 87.2 cm³/mol. The van der Waals surface area contributed by atoms with Crippen LogP contribution in [0, 0.1) is 0 Å². The van der Waals surface area contributed by atoms with Crippen molar-refractivity contribution in [1.82, 2.24) is 9.80 Å². The van der Waals surface area contributed by atoms with E-state index in [-0.39, 0.29) is 18.4 Å². The Morgan fingerprint density at radius 1 is 1.18 bits per heavy atom. The van der Waals surface area contributed by atoms with E-state index < -0.39 is 0 Å². The van der Waals surface area contributed by atoms with Crippen LogP contribution >= 0.6 is 0 Å². The van der Waals surface area contributed by atoms with Crippen molar-refractivity contribution < 1.29 is 9.59 Å². The molecule has 4 nitrogen and oxygen atoms in total. The van der Waals surface area contributed by atoms with Gasteiger partial charge in [-0.3, -0.25) is 9.59 Å². The fourth-order valence-corrected chi connectivity index (χ4v) is 2.83. The van der Waals surface area contributed by atoms with E-state index in [1.54, 1.807) is 4.90 Å². The quantitative estimate of drug-likeness (QED) is 0.811. The van der Waals surface area contributed by atoms with Crippen molar-refractivity contribution >= 4 is 11.8 Å². The molecule has 1 aliphatic heterocycles. The molecule has 0 unspecified atom stereocenters. The Kier molecular flexibility index (Phi) is 6.44. The molecule has 1 fully saturated rings.